The number of hydrogen-bond donors (Lipinski definition) is 1. The van der Waals surface area contributed by atoms with Crippen LogP contribution in [0.15, 0.2) is 23.1 Å². The number of aliphatic carboxylic acids is 1. The fourth-order valence-corrected chi connectivity index (χ4v) is 3.57. The van der Waals surface area contributed by atoms with Crippen LogP contribution >= 0.6 is 11.8 Å². The van der Waals surface area contributed by atoms with Gasteiger partial charge in [-0.25, -0.2) is 4.39 Å². The highest BCUT2D eigenvalue weighted by Crippen LogP contribution is 2.24. The van der Waals surface area contributed by atoms with E-state index in [9.17, 15) is 23.6 Å². The Kier molecular flexibility index (Phi) is 6.95. The van der Waals surface area contributed by atoms with Crippen LogP contribution in [0.5, 0.6) is 0 Å². The molecule has 9 heteroatoms. The lowest BCUT2D eigenvalue weighted by atomic mass is 10.1. The van der Waals surface area contributed by atoms with Gasteiger partial charge in [0, 0.05) is 38.0 Å². The Morgan fingerprint density at radius 2 is 2.07 bits per heavy atom. The number of nitrogens with zero attached hydrogens (tertiary/aromatic N) is 2. The molecule has 1 N–H and O–H groups in total. The van der Waals surface area contributed by atoms with E-state index in [0.717, 1.165) is 5.56 Å². The van der Waals surface area contributed by atoms with Crippen molar-refractivity contribution in [3.05, 3.63) is 29.6 Å². The highest BCUT2D eigenvalue weighted by atomic mass is 32.2. The van der Waals surface area contributed by atoms with Gasteiger partial charge in [-0.3, -0.25) is 19.2 Å². The summed E-state index contributed by atoms with van der Waals surface area (Å²) in [7, 11) is 1.53. The molecule has 0 aliphatic carbocycles. The molecule has 7 nitrogen and oxygen atoms in total. The zero-order chi connectivity index (χ0) is 20.1. The number of carboxylic acids is 1. The minimum Gasteiger partial charge on any atom is -0.481 e. The Bertz CT molecular complexity index is 770. The number of benzene rings is 1. The fourth-order valence-electron chi connectivity index (χ4n) is 2.94. The van der Waals surface area contributed by atoms with Crippen LogP contribution < -0.4 is 0 Å². The second-order valence-corrected chi connectivity index (χ2v) is 7.16. The van der Waals surface area contributed by atoms with E-state index in [1.54, 1.807) is 12.3 Å². The molecule has 146 valence electrons. The molecule has 1 aliphatic rings. The number of carboxylic acid groups (broad SMARTS) is 1. The lowest BCUT2D eigenvalue weighted by Gasteiger charge is -2.21. The van der Waals surface area contributed by atoms with Gasteiger partial charge in [0.05, 0.1) is 0 Å². The Morgan fingerprint density at radius 1 is 1.37 bits per heavy atom. The molecule has 1 saturated heterocycles. The first-order chi connectivity index (χ1) is 12.7. The van der Waals surface area contributed by atoms with E-state index < -0.39 is 29.5 Å². The summed E-state index contributed by atoms with van der Waals surface area (Å²) in [4.78, 5) is 50.7. The summed E-state index contributed by atoms with van der Waals surface area (Å²) < 4.78 is 13.3. The van der Waals surface area contributed by atoms with Crippen molar-refractivity contribution < 1.29 is 28.7 Å². The predicted molar refractivity (Wildman–Crippen MR) is 96.6 cm³/mol. The summed E-state index contributed by atoms with van der Waals surface area (Å²) in [5, 5.41) is 8.66. The van der Waals surface area contributed by atoms with Crippen LogP contribution in [0.25, 0.3) is 0 Å². The van der Waals surface area contributed by atoms with Crippen LogP contribution in [0.3, 0.4) is 0 Å². The van der Waals surface area contributed by atoms with Gasteiger partial charge in [-0.15, -0.1) is 11.8 Å². The van der Waals surface area contributed by atoms with Gasteiger partial charge in [0.25, 0.3) is 5.91 Å². The number of hydrogen-bond acceptors (Lipinski definition) is 5. The summed E-state index contributed by atoms with van der Waals surface area (Å²) in [6.07, 6.45) is 1.91. The molecule has 2 amide bonds. The van der Waals surface area contributed by atoms with E-state index in [1.807, 2.05) is 0 Å². The van der Waals surface area contributed by atoms with E-state index in [0.29, 0.717) is 4.90 Å². The van der Waals surface area contributed by atoms with Crippen LogP contribution in [0, 0.1) is 11.7 Å². The molecule has 2 rings (SSSR count). The first-order valence-corrected chi connectivity index (χ1v) is 9.59. The topological polar surface area (TPSA) is 95.0 Å². The maximum Gasteiger partial charge on any atom is 0.303 e. The molecular weight excluding hydrogens is 375 g/mol. The highest BCUT2D eigenvalue weighted by Gasteiger charge is 2.43. The molecule has 0 aromatic heterocycles. The van der Waals surface area contributed by atoms with E-state index in [4.69, 9.17) is 5.11 Å². The molecule has 1 atom stereocenters. The van der Waals surface area contributed by atoms with Crippen molar-refractivity contribution in [1.82, 2.24) is 9.80 Å². The number of thioether (sulfide) groups is 1. The zero-order valence-electron chi connectivity index (χ0n) is 15.1. The molecule has 1 aromatic carbocycles. The van der Waals surface area contributed by atoms with Crippen molar-refractivity contribution in [1.29, 1.82) is 0 Å². The first kappa shape index (κ1) is 20.9. The molecule has 1 heterocycles. The van der Waals surface area contributed by atoms with E-state index in [2.05, 4.69) is 0 Å². The molecule has 0 saturated carbocycles. The number of likely N-dealkylation sites (tertiary alicyclic amines) is 1. The summed E-state index contributed by atoms with van der Waals surface area (Å²) in [6.45, 7) is 0.268. The summed E-state index contributed by atoms with van der Waals surface area (Å²) in [6, 6.07) is 4.28. The predicted octanol–water partition coefficient (Wildman–Crippen LogP) is 1.40. The molecule has 1 aliphatic heterocycles. The number of carbonyl (C=O) groups excluding carboxylic acids is 3. The molecule has 1 unspecified atom stereocenters. The van der Waals surface area contributed by atoms with Crippen molar-refractivity contribution in [2.75, 3.05) is 26.4 Å². The van der Waals surface area contributed by atoms with Crippen molar-refractivity contribution in [2.24, 2.45) is 5.92 Å². The quantitative estimate of drug-likeness (QED) is 0.405. The molecule has 1 fully saturated rings. The maximum absolute atomic E-state index is 13.3. The molecule has 27 heavy (non-hydrogen) atoms. The van der Waals surface area contributed by atoms with Gasteiger partial charge >= 0.3 is 5.97 Å². The number of carbonyl (C=O) groups is 4. The largest absolute Gasteiger partial charge is 0.481 e. The Hall–Kier alpha value is -2.42. The van der Waals surface area contributed by atoms with Crippen LogP contribution in [-0.4, -0.2) is 64.9 Å². The van der Waals surface area contributed by atoms with Crippen molar-refractivity contribution in [3.8, 4) is 0 Å². The fraction of sp³-hybridized carbons (Fsp3) is 0.444. The molecule has 0 radical (unpaired) electrons. The van der Waals surface area contributed by atoms with Gasteiger partial charge in [-0.05, 0) is 30.4 Å². The van der Waals surface area contributed by atoms with Gasteiger partial charge in [0.15, 0.2) is 0 Å². The summed E-state index contributed by atoms with van der Waals surface area (Å²) >= 11 is 1.35. The minimum absolute atomic E-state index is 0.0424. The van der Waals surface area contributed by atoms with Crippen molar-refractivity contribution in [2.45, 2.75) is 24.3 Å². The van der Waals surface area contributed by atoms with Gasteiger partial charge in [0.1, 0.15) is 11.7 Å². The van der Waals surface area contributed by atoms with Crippen LogP contribution in [0.2, 0.25) is 0 Å². The number of halogens is 1. The van der Waals surface area contributed by atoms with Crippen molar-refractivity contribution in [3.63, 3.8) is 0 Å². The molecule has 0 spiro atoms. The third-order valence-corrected chi connectivity index (χ3v) is 5.19. The van der Waals surface area contributed by atoms with Crippen LogP contribution in [0.4, 0.5) is 4.39 Å². The SMILES string of the molecule is CSc1cc(F)ccc1CN(C)C(=O)C1CN(CCCC(=O)O)C(=O)C1=O. The molecule has 0 bridgehead atoms. The smallest absolute Gasteiger partial charge is 0.303 e. The van der Waals surface area contributed by atoms with Crippen LogP contribution in [0.1, 0.15) is 18.4 Å². The zero-order valence-corrected chi connectivity index (χ0v) is 15.9. The number of Topliss-reactive ketones (excluding diaryl/α,β-unsaturated/α-hetero) is 1. The van der Waals surface area contributed by atoms with E-state index in [-0.39, 0.29) is 38.3 Å². The standard InChI is InChI=1S/C18H21FN2O5S/c1-20(9-11-5-6-12(19)8-14(11)27-2)17(25)13-10-21(18(26)16(13)24)7-3-4-15(22)23/h5-6,8,13H,3-4,7,9-10H2,1-2H3,(H,22,23). The average molecular weight is 396 g/mol. The summed E-state index contributed by atoms with van der Waals surface area (Å²) in [5.74, 6) is -4.45. The third kappa shape index (κ3) is 5.06. The monoisotopic (exact) mass is 396 g/mol. The average Bonchev–Trinajstić information content (AvgIpc) is 2.90. The lowest BCUT2D eigenvalue weighted by Crippen LogP contribution is -2.37. The highest BCUT2D eigenvalue weighted by molar-refractivity contribution is 7.98. The number of amides is 2. The Morgan fingerprint density at radius 3 is 2.70 bits per heavy atom. The van der Waals surface area contributed by atoms with Gasteiger partial charge < -0.3 is 14.9 Å². The normalized spacial score (nSPS) is 16.7. The number of ketones is 1. The number of rotatable bonds is 8. The van der Waals surface area contributed by atoms with Gasteiger partial charge in [0.2, 0.25) is 11.7 Å². The van der Waals surface area contributed by atoms with Crippen LogP contribution in [-0.2, 0) is 25.7 Å². The van der Waals surface area contributed by atoms with Gasteiger partial charge in [-0.1, -0.05) is 6.07 Å². The van der Waals surface area contributed by atoms with Gasteiger partial charge in [-0.2, -0.15) is 0 Å². The first-order valence-electron chi connectivity index (χ1n) is 8.37. The van der Waals surface area contributed by atoms with E-state index >= 15 is 0 Å². The third-order valence-electron chi connectivity index (χ3n) is 4.37. The van der Waals surface area contributed by atoms with E-state index in [1.165, 1.54) is 40.7 Å². The second kappa shape index (κ2) is 8.98. The Balaban J connectivity index is 2.03. The summed E-state index contributed by atoms with van der Waals surface area (Å²) in [5.41, 5.74) is 0.745. The minimum atomic E-state index is -1.09. The maximum atomic E-state index is 13.3. The molecule has 1 aromatic rings. The lowest BCUT2D eigenvalue weighted by molar-refractivity contribution is -0.144. The van der Waals surface area contributed by atoms with Crippen molar-refractivity contribution >= 4 is 35.3 Å². The molecular formula is C18H21FN2O5S. The second-order valence-electron chi connectivity index (χ2n) is 6.32. The Labute approximate surface area is 160 Å².